The van der Waals surface area contributed by atoms with E-state index in [0.717, 1.165) is 34.4 Å². The van der Waals surface area contributed by atoms with Gasteiger partial charge in [-0.3, -0.25) is 4.98 Å². The summed E-state index contributed by atoms with van der Waals surface area (Å²) in [7, 11) is 1.69. The van der Waals surface area contributed by atoms with Crippen LogP contribution < -0.4 is 10.1 Å². The number of allylic oxidation sites excluding steroid dienone is 1. The van der Waals surface area contributed by atoms with E-state index in [2.05, 4.69) is 40.1 Å². The maximum Gasteiger partial charge on any atom is 0.120 e. The number of nitrogens with one attached hydrogen (secondary N) is 2. The molecule has 120 valence electrons. The number of aromatic amines is 1. The van der Waals surface area contributed by atoms with Gasteiger partial charge in [0.25, 0.3) is 0 Å². The molecular weight excluding hydrogens is 298 g/mol. The largest absolute Gasteiger partial charge is 0.497 e. The molecule has 0 radical (unpaired) electrons. The molecular formula is C20H19N3O. The first kappa shape index (κ1) is 14.6. The quantitative estimate of drug-likeness (QED) is 0.582. The Kier molecular flexibility index (Phi) is 3.38. The number of benzene rings is 2. The fraction of sp³-hybridized carbons (Fsp3) is 0.150. The molecule has 2 aromatic heterocycles. The Morgan fingerprint density at radius 2 is 2.12 bits per heavy atom. The van der Waals surface area contributed by atoms with E-state index in [1.54, 1.807) is 7.11 Å². The van der Waals surface area contributed by atoms with Gasteiger partial charge in [-0.05, 0) is 36.8 Å². The summed E-state index contributed by atoms with van der Waals surface area (Å²) in [5.74, 6) is 0.849. The average molecular weight is 317 g/mol. The third-order valence-corrected chi connectivity index (χ3v) is 4.36. The highest BCUT2D eigenvalue weighted by Crippen LogP contribution is 2.35. The van der Waals surface area contributed by atoms with Crippen LogP contribution in [0.25, 0.3) is 32.6 Å². The topological polar surface area (TPSA) is 49.9 Å². The van der Waals surface area contributed by atoms with Crippen molar-refractivity contribution in [2.75, 3.05) is 7.11 Å². The summed E-state index contributed by atoms with van der Waals surface area (Å²) in [5, 5.41) is 8.08. The highest BCUT2D eigenvalue weighted by molar-refractivity contribution is 6.18. The van der Waals surface area contributed by atoms with Gasteiger partial charge in [0.1, 0.15) is 5.75 Å². The molecule has 0 saturated heterocycles. The monoisotopic (exact) mass is 317 g/mol. The normalized spacial score (nSPS) is 11.2. The molecule has 4 rings (SSSR count). The SMILES string of the molecule is C=C(C)NCc1cc2cnccc2c2[nH]c3cc(OC)ccc3c12. The van der Waals surface area contributed by atoms with Crippen LogP contribution in [0.2, 0.25) is 0 Å². The summed E-state index contributed by atoms with van der Waals surface area (Å²) in [5.41, 5.74) is 4.39. The molecule has 4 heteroatoms. The first-order valence-corrected chi connectivity index (χ1v) is 7.92. The number of aromatic nitrogens is 2. The molecule has 0 atom stereocenters. The van der Waals surface area contributed by atoms with E-state index in [0.29, 0.717) is 0 Å². The van der Waals surface area contributed by atoms with Gasteiger partial charge in [-0.1, -0.05) is 6.58 Å². The van der Waals surface area contributed by atoms with E-state index < -0.39 is 0 Å². The Labute approximate surface area is 140 Å². The molecule has 0 unspecified atom stereocenters. The maximum absolute atomic E-state index is 5.36. The molecule has 0 aliphatic carbocycles. The predicted molar refractivity (Wildman–Crippen MR) is 99.3 cm³/mol. The van der Waals surface area contributed by atoms with Gasteiger partial charge in [-0.15, -0.1) is 0 Å². The summed E-state index contributed by atoms with van der Waals surface area (Å²) >= 11 is 0. The summed E-state index contributed by atoms with van der Waals surface area (Å²) in [6.45, 7) is 6.64. The fourth-order valence-corrected chi connectivity index (χ4v) is 3.23. The van der Waals surface area contributed by atoms with Crippen LogP contribution in [-0.2, 0) is 6.54 Å². The number of hydrogen-bond donors (Lipinski definition) is 2. The molecule has 0 aliphatic rings. The zero-order chi connectivity index (χ0) is 16.7. The van der Waals surface area contributed by atoms with Gasteiger partial charge in [0.15, 0.2) is 0 Å². The molecule has 2 N–H and O–H groups in total. The van der Waals surface area contributed by atoms with Gasteiger partial charge in [0.2, 0.25) is 0 Å². The van der Waals surface area contributed by atoms with Crippen molar-refractivity contribution in [2.45, 2.75) is 13.5 Å². The highest BCUT2D eigenvalue weighted by atomic mass is 16.5. The number of fused-ring (bicyclic) bond motifs is 5. The Morgan fingerprint density at radius 1 is 1.25 bits per heavy atom. The van der Waals surface area contributed by atoms with Gasteiger partial charge < -0.3 is 15.0 Å². The molecule has 4 nitrogen and oxygen atoms in total. The third-order valence-electron chi connectivity index (χ3n) is 4.36. The van der Waals surface area contributed by atoms with Crippen LogP contribution in [0.1, 0.15) is 12.5 Å². The van der Waals surface area contributed by atoms with E-state index in [9.17, 15) is 0 Å². The van der Waals surface area contributed by atoms with Gasteiger partial charge in [0, 0.05) is 52.2 Å². The van der Waals surface area contributed by atoms with E-state index in [4.69, 9.17) is 4.74 Å². The van der Waals surface area contributed by atoms with Crippen molar-refractivity contribution in [2.24, 2.45) is 0 Å². The summed E-state index contributed by atoms with van der Waals surface area (Å²) in [4.78, 5) is 7.83. The number of nitrogens with zero attached hydrogens (tertiary/aromatic N) is 1. The summed E-state index contributed by atoms with van der Waals surface area (Å²) < 4.78 is 5.36. The second kappa shape index (κ2) is 5.57. The van der Waals surface area contributed by atoms with Crippen LogP contribution in [0.5, 0.6) is 5.75 Å². The molecule has 0 spiro atoms. The Morgan fingerprint density at radius 3 is 2.92 bits per heavy atom. The maximum atomic E-state index is 5.36. The summed E-state index contributed by atoms with van der Waals surface area (Å²) in [6, 6.07) is 10.4. The number of hydrogen-bond acceptors (Lipinski definition) is 3. The predicted octanol–water partition coefficient (Wildman–Crippen LogP) is 4.50. The minimum absolute atomic E-state index is 0.732. The Hall–Kier alpha value is -3.01. The van der Waals surface area contributed by atoms with Gasteiger partial charge in [-0.2, -0.15) is 0 Å². The summed E-state index contributed by atoms with van der Waals surface area (Å²) in [6.07, 6.45) is 3.74. The van der Waals surface area contributed by atoms with Crippen molar-refractivity contribution in [3.63, 3.8) is 0 Å². The lowest BCUT2D eigenvalue weighted by Crippen LogP contribution is -2.09. The van der Waals surface area contributed by atoms with Crippen molar-refractivity contribution < 1.29 is 4.74 Å². The van der Waals surface area contributed by atoms with Crippen molar-refractivity contribution in [3.8, 4) is 5.75 Å². The zero-order valence-electron chi connectivity index (χ0n) is 13.8. The van der Waals surface area contributed by atoms with Crippen LogP contribution in [0, 0.1) is 0 Å². The van der Waals surface area contributed by atoms with Crippen molar-refractivity contribution in [1.82, 2.24) is 15.3 Å². The second-order valence-corrected chi connectivity index (χ2v) is 6.05. The molecule has 0 amide bonds. The number of methoxy groups -OCH3 is 1. The van der Waals surface area contributed by atoms with Gasteiger partial charge in [0.05, 0.1) is 18.1 Å². The molecule has 0 fully saturated rings. The minimum Gasteiger partial charge on any atom is -0.497 e. The van der Waals surface area contributed by atoms with Gasteiger partial charge in [-0.25, -0.2) is 0 Å². The van der Waals surface area contributed by atoms with E-state index >= 15 is 0 Å². The lowest BCUT2D eigenvalue weighted by molar-refractivity contribution is 0.415. The van der Waals surface area contributed by atoms with E-state index in [1.807, 2.05) is 31.5 Å². The first-order valence-electron chi connectivity index (χ1n) is 7.92. The standard InChI is InChI=1S/C20H19N3O/c1-12(2)22-11-14-8-13-10-21-7-6-16(13)20-19(14)17-5-4-15(24-3)9-18(17)23-20/h4-10,22-23H,1,11H2,2-3H3. The first-order chi connectivity index (χ1) is 11.7. The van der Waals surface area contributed by atoms with Gasteiger partial charge >= 0.3 is 0 Å². The minimum atomic E-state index is 0.732. The lowest BCUT2D eigenvalue weighted by atomic mass is 10.0. The molecule has 0 saturated carbocycles. The van der Waals surface area contributed by atoms with Crippen molar-refractivity contribution >= 4 is 32.6 Å². The number of pyridine rings is 1. The number of rotatable bonds is 4. The fourth-order valence-electron chi connectivity index (χ4n) is 3.23. The second-order valence-electron chi connectivity index (χ2n) is 6.05. The molecule has 2 aromatic carbocycles. The van der Waals surface area contributed by atoms with Crippen LogP contribution in [0.4, 0.5) is 0 Å². The molecule has 4 aromatic rings. The Balaban J connectivity index is 2.08. The molecule has 24 heavy (non-hydrogen) atoms. The van der Waals surface area contributed by atoms with Crippen LogP contribution in [0.3, 0.4) is 0 Å². The molecule has 0 aliphatic heterocycles. The van der Waals surface area contributed by atoms with Crippen LogP contribution in [-0.4, -0.2) is 17.1 Å². The van der Waals surface area contributed by atoms with E-state index in [-0.39, 0.29) is 0 Å². The average Bonchev–Trinajstić information content (AvgIpc) is 2.98. The van der Waals surface area contributed by atoms with Crippen molar-refractivity contribution in [1.29, 1.82) is 0 Å². The highest BCUT2D eigenvalue weighted by Gasteiger charge is 2.13. The Bertz CT molecular complexity index is 1080. The lowest BCUT2D eigenvalue weighted by Gasteiger charge is -2.10. The smallest absolute Gasteiger partial charge is 0.120 e. The van der Waals surface area contributed by atoms with Crippen LogP contribution in [0.15, 0.2) is 55.0 Å². The van der Waals surface area contributed by atoms with Crippen LogP contribution >= 0.6 is 0 Å². The van der Waals surface area contributed by atoms with E-state index in [1.165, 1.54) is 21.7 Å². The molecule has 0 bridgehead atoms. The third kappa shape index (κ3) is 2.27. The number of H-pyrrole nitrogens is 1. The number of ether oxygens (including phenoxy) is 1. The molecule has 2 heterocycles. The zero-order valence-corrected chi connectivity index (χ0v) is 13.8. The van der Waals surface area contributed by atoms with Crippen molar-refractivity contribution in [3.05, 3.63) is 60.6 Å².